The molecular formula is C42H44F6N8O4S. The van der Waals surface area contributed by atoms with Crippen molar-refractivity contribution in [3.05, 3.63) is 118 Å². The molecule has 19 heteroatoms. The molecule has 4 atom stereocenters. The monoisotopic (exact) mass is 870 g/mol. The average Bonchev–Trinajstić information content (AvgIpc) is 3.90. The minimum absolute atomic E-state index is 0.0703. The maximum absolute atomic E-state index is 13.6. The first-order valence-corrected chi connectivity index (χ1v) is 21.0. The molecule has 0 bridgehead atoms. The van der Waals surface area contributed by atoms with Gasteiger partial charge in [0.05, 0.1) is 84.0 Å². The van der Waals surface area contributed by atoms with Gasteiger partial charge >= 0.3 is 22.8 Å². The quantitative estimate of drug-likeness (QED) is 0.105. The molecule has 2 aromatic carbocycles. The van der Waals surface area contributed by atoms with Crippen LogP contribution in [0, 0.1) is 22.7 Å². The normalized spacial score (nSPS) is 18.5. The number of halogens is 6. The van der Waals surface area contributed by atoms with Gasteiger partial charge < -0.3 is 19.8 Å². The highest BCUT2D eigenvalue weighted by atomic mass is 32.3. The second-order valence-corrected chi connectivity index (χ2v) is 16.3. The van der Waals surface area contributed by atoms with E-state index < -0.39 is 57.1 Å². The first kappa shape index (κ1) is 45.2. The summed E-state index contributed by atoms with van der Waals surface area (Å²) in [5.74, 6) is 0. The van der Waals surface area contributed by atoms with E-state index in [1.54, 1.807) is 60.2 Å². The molecule has 0 radical (unpaired) electrons. The Kier molecular flexibility index (Phi) is 14.2. The van der Waals surface area contributed by atoms with Crippen molar-refractivity contribution < 1.29 is 43.1 Å². The van der Waals surface area contributed by atoms with Crippen molar-refractivity contribution in [1.29, 1.82) is 10.5 Å². The third kappa shape index (κ3) is 11.5. The standard InChI is InChI=1S/C42H44F6N8O4S/c1-27(29-9-11-33(21-49)37(19-29)41(43,44)45)53-35-7-3-5-31(17-35)39-23-51-25-55(39)13-15-59-61(57,58)60-16-14-56-26-52-24-40(56)32-6-4-8-36(18-32)54-28(2)30-10-12-34(22-50)38(20-30)42(46,47)48/h5-6,9-12,19-20,23-28,35-36,53-54H,3-4,7-8,13-18H2,1-2H3. The number of aromatic nitrogens is 4. The Balaban J connectivity index is 0.970. The van der Waals surface area contributed by atoms with Crippen molar-refractivity contribution in [3.8, 4) is 12.1 Å². The molecular weight excluding hydrogens is 827 g/mol. The van der Waals surface area contributed by atoms with Gasteiger partial charge in [0.25, 0.3) is 0 Å². The van der Waals surface area contributed by atoms with E-state index >= 15 is 0 Å². The third-order valence-electron chi connectivity index (χ3n) is 10.9. The van der Waals surface area contributed by atoms with Crippen LogP contribution in [0.25, 0.3) is 11.1 Å². The molecule has 2 heterocycles. The van der Waals surface area contributed by atoms with Gasteiger partial charge in [-0.1, -0.05) is 24.3 Å². The van der Waals surface area contributed by atoms with Crippen LogP contribution in [0.3, 0.4) is 0 Å². The number of nitrogens with one attached hydrogen (secondary N) is 2. The first-order chi connectivity index (χ1) is 29.0. The maximum Gasteiger partial charge on any atom is 0.417 e. The van der Waals surface area contributed by atoms with E-state index in [0.717, 1.165) is 47.5 Å². The van der Waals surface area contributed by atoms with Crippen molar-refractivity contribution >= 4 is 21.5 Å². The molecule has 0 amide bonds. The SMILES string of the molecule is CC(NC1CCC=C(c2cncn2CCOS(=O)(=O)OCCn2cncc2C2=CCCC(NC(C)c3ccc(C#N)c(C(F)(F)F)c3)C2)C1)c1ccc(C#N)c(C(F)(F)F)c1. The van der Waals surface area contributed by atoms with Crippen LogP contribution in [0.1, 0.15) is 109 Å². The van der Waals surface area contributed by atoms with Crippen LogP contribution in [-0.4, -0.2) is 52.8 Å². The van der Waals surface area contributed by atoms with Crippen LogP contribution in [0.15, 0.2) is 73.6 Å². The molecule has 0 spiro atoms. The topological polar surface area (TPSA) is 160 Å². The van der Waals surface area contributed by atoms with Crippen molar-refractivity contribution in [2.45, 2.75) is 102 Å². The Labute approximate surface area is 349 Å². The van der Waals surface area contributed by atoms with Gasteiger partial charge in [-0.15, -0.1) is 0 Å². The first-order valence-electron chi connectivity index (χ1n) is 19.6. The molecule has 6 rings (SSSR count). The summed E-state index contributed by atoms with van der Waals surface area (Å²) < 4.78 is 121. The number of allylic oxidation sites excluding steroid dienone is 2. The number of hydrogen-bond acceptors (Lipinski definition) is 10. The van der Waals surface area contributed by atoms with Crippen LogP contribution in [-0.2, 0) is 44.2 Å². The number of rotatable bonds is 16. The van der Waals surface area contributed by atoms with E-state index in [1.807, 2.05) is 0 Å². The van der Waals surface area contributed by atoms with Crippen LogP contribution in [0.4, 0.5) is 26.3 Å². The molecule has 2 aliphatic rings. The fourth-order valence-corrected chi connectivity index (χ4v) is 8.42. The highest BCUT2D eigenvalue weighted by Gasteiger charge is 2.35. The van der Waals surface area contributed by atoms with Crippen LogP contribution in [0.5, 0.6) is 0 Å². The Morgan fingerprint density at radius 1 is 0.738 bits per heavy atom. The lowest BCUT2D eigenvalue weighted by atomic mass is 9.91. The summed E-state index contributed by atoms with van der Waals surface area (Å²) >= 11 is 0. The van der Waals surface area contributed by atoms with Crippen molar-refractivity contribution in [2.75, 3.05) is 13.2 Å². The number of hydrogen-bond donors (Lipinski definition) is 2. The fraction of sp³-hybridized carbons (Fsp3) is 0.429. The zero-order chi connectivity index (χ0) is 44.0. The van der Waals surface area contributed by atoms with Gasteiger partial charge in [0.1, 0.15) is 0 Å². The van der Waals surface area contributed by atoms with Gasteiger partial charge in [-0.25, -0.2) is 18.3 Å². The van der Waals surface area contributed by atoms with Gasteiger partial charge in [-0.3, -0.25) is 0 Å². The van der Waals surface area contributed by atoms with Gasteiger partial charge in [-0.2, -0.15) is 45.3 Å². The van der Waals surface area contributed by atoms with Crippen molar-refractivity contribution in [1.82, 2.24) is 29.7 Å². The lowest BCUT2D eigenvalue weighted by Gasteiger charge is -2.28. The summed E-state index contributed by atoms with van der Waals surface area (Å²) in [7, 11) is -4.39. The Morgan fingerprint density at radius 3 is 1.52 bits per heavy atom. The van der Waals surface area contributed by atoms with E-state index in [2.05, 4.69) is 32.8 Å². The molecule has 4 unspecified atom stereocenters. The number of benzene rings is 2. The highest BCUT2D eigenvalue weighted by Crippen LogP contribution is 2.36. The van der Waals surface area contributed by atoms with E-state index in [1.165, 1.54) is 24.3 Å². The van der Waals surface area contributed by atoms with Gasteiger partial charge in [0.15, 0.2) is 0 Å². The summed E-state index contributed by atoms with van der Waals surface area (Å²) in [6.07, 6.45) is 5.22. The number of nitrogens with zero attached hydrogens (tertiary/aromatic N) is 6. The van der Waals surface area contributed by atoms with Crippen molar-refractivity contribution in [2.24, 2.45) is 0 Å². The average molecular weight is 871 g/mol. The zero-order valence-corrected chi connectivity index (χ0v) is 34.1. The molecule has 12 nitrogen and oxygen atoms in total. The minimum atomic E-state index is -4.66. The summed E-state index contributed by atoms with van der Waals surface area (Å²) in [6, 6.07) is 9.63. The molecule has 61 heavy (non-hydrogen) atoms. The van der Waals surface area contributed by atoms with Gasteiger partial charge in [0, 0.05) is 37.3 Å². The van der Waals surface area contributed by atoms with E-state index in [9.17, 15) is 34.8 Å². The Hall–Kier alpha value is -5.31. The summed E-state index contributed by atoms with van der Waals surface area (Å²) in [6.45, 7) is 3.33. The maximum atomic E-state index is 13.6. The van der Waals surface area contributed by atoms with E-state index in [0.29, 0.717) is 36.8 Å². The zero-order valence-electron chi connectivity index (χ0n) is 33.3. The number of alkyl halides is 6. The summed E-state index contributed by atoms with van der Waals surface area (Å²) in [4.78, 5) is 8.48. The lowest BCUT2D eigenvalue weighted by Crippen LogP contribution is -2.33. The van der Waals surface area contributed by atoms with E-state index in [-0.39, 0.29) is 38.4 Å². The summed E-state index contributed by atoms with van der Waals surface area (Å²) in [5.41, 5.74) is 1.39. The van der Waals surface area contributed by atoms with Crippen LogP contribution in [0.2, 0.25) is 0 Å². The van der Waals surface area contributed by atoms with Crippen molar-refractivity contribution in [3.63, 3.8) is 0 Å². The minimum Gasteiger partial charge on any atom is -0.329 e. The molecule has 2 N–H and O–H groups in total. The van der Waals surface area contributed by atoms with E-state index in [4.69, 9.17) is 18.9 Å². The smallest absolute Gasteiger partial charge is 0.329 e. The van der Waals surface area contributed by atoms with Crippen LogP contribution >= 0.6 is 0 Å². The van der Waals surface area contributed by atoms with Gasteiger partial charge in [-0.05, 0) is 98.9 Å². The number of imidazole rings is 2. The molecule has 2 aliphatic carbocycles. The second-order valence-electron chi connectivity index (χ2n) is 15.0. The molecule has 4 aromatic rings. The molecule has 0 fully saturated rings. The fourth-order valence-electron chi connectivity index (χ4n) is 7.79. The third-order valence-corrected chi connectivity index (χ3v) is 11.8. The predicted octanol–water partition coefficient (Wildman–Crippen LogP) is 8.41. The lowest BCUT2D eigenvalue weighted by molar-refractivity contribution is -0.138. The Morgan fingerprint density at radius 2 is 1.15 bits per heavy atom. The molecule has 0 aliphatic heterocycles. The second kappa shape index (κ2) is 19.2. The largest absolute Gasteiger partial charge is 0.417 e. The van der Waals surface area contributed by atoms with Gasteiger partial charge in [0.2, 0.25) is 0 Å². The summed E-state index contributed by atoms with van der Waals surface area (Å²) in [5, 5.41) is 25.1. The molecule has 2 aromatic heterocycles. The van der Waals surface area contributed by atoms with Crippen LogP contribution < -0.4 is 10.6 Å². The molecule has 324 valence electrons. The number of nitriles is 2. The molecule has 0 saturated heterocycles. The Bertz CT molecular complexity index is 2280. The predicted molar refractivity (Wildman–Crippen MR) is 212 cm³/mol. The molecule has 0 saturated carbocycles. The highest BCUT2D eigenvalue weighted by molar-refractivity contribution is 7.81.